The lowest BCUT2D eigenvalue weighted by Crippen LogP contribution is -2.35. The number of halogens is 1. The van der Waals surface area contributed by atoms with E-state index in [1.54, 1.807) is 44.4 Å². The maximum Gasteiger partial charge on any atom is 0.189 e. The summed E-state index contributed by atoms with van der Waals surface area (Å²) in [6.07, 6.45) is 3.27. The maximum atomic E-state index is 14.8. The molecule has 2 aromatic carbocycles. The van der Waals surface area contributed by atoms with Crippen LogP contribution >= 0.6 is 0 Å². The third-order valence-corrected chi connectivity index (χ3v) is 7.59. The van der Waals surface area contributed by atoms with Gasteiger partial charge in [-0.1, -0.05) is 35.9 Å². The summed E-state index contributed by atoms with van der Waals surface area (Å²) in [5.74, 6) is -0.220. The average Bonchev–Trinajstić information content (AvgIpc) is 2.92. The first-order chi connectivity index (χ1) is 17.5. The van der Waals surface area contributed by atoms with Crippen LogP contribution in [0.3, 0.4) is 0 Å². The van der Waals surface area contributed by atoms with E-state index in [1.807, 2.05) is 6.07 Å². The van der Waals surface area contributed by atoms with Crippen molar-refractivity contribution in [3.63, 3.8) is 0 Å². The van der Waals surface area contributed by atoms with Crippen molar-refractivity contribution >= 4 is 11.4 Å². The van der Waals surface area contributed by atoms with Crippen molar-refractivity contribution < 1.29 is 24.1 Å². The summed E-state index contributed by atoms with van der Waals surface area (Å²) in [6, 6.07) is 11.9. The Morgan fingerprint density at radius 1 is 1.17 bits per heavy atom. The van der Waals surface area contributed by atoms with Gasteiger partial charge in [0.2, 0.25) is 0 Å². The molecule has 0 saturated carbocycles. The van der Waals surface area contributed by atoms with Crippen molar-refractivity contribution in [2.45, 2.75) is 39.2 Å². The van der Waals surface area contributed by atoms with Gasteiger partial charge in [0.1, 0.15) is 5.82 Å². The minimum Gasteiger partial charge on any atom is -0.392 e. The Hall–Kier alpha value is -2.64. The number of hydrogen-bond acceptors (Lipinski definition) is 5. The van der Waals surface area contributed by atoms with Crippen molar-refractivity contribution in [1.29, 1.82) is 0 Å². The van der Waals surface area contributed by atoms with Gasteiger partial charge in [0.25, 0.3) is 0 Å². The maximum absolute atomic E-state index is 14.8. The number of ketones is 1. The van der Waals surface area contributed by atoms with Crippen LogP contribution in [0.5, 0.6) is 0 Å². The Kier molecular flexibility index (Phi) is 8.86. The van der Waals surface area contributed by atoms with E-state index in [4.69, 9.17) is 4.74 Å². The molecule has 36 heavy (non-hydrogen) atoms. The van der Waals surface area contributed by atoms with Gasteiger partial charge in [0.05, 0.1) is 13.2 Å². The smallest absolute Gasteiger partial charge is 0.189 e. The van der Waals surface area contributed by atoms with Crippen molar-refractivity contribution in [2.75, 3.05) is 33.4 Å². The second kappa shape index (κ2) is 12.1. The van der Waals surface area contributed by atoms with Crippen LogP contribution in [0, 0.1) is 24.6 Å². The molecule has 2 unspecified atom stereocenters. The van der Waals surface area contributed by atoms with Gasteiger partial charge in [-0.3, -0.25) is 4.79 Å². The monoisotopic (exact) mass is 493 g/mol. The van der Waals surface area contributed by atoms with Crippen LogP contribution in [-0.4, -0.2) is 49.4 Å². The molecule has 0 spiro atoms. The highest BCUT2D eigenvalue weighted by molar-refractivity contribution is 6.15. The third kappa shape index (κ3) is 5.37. The van der Waals surface area contributed by atoms with Crippen LogP contribution in [0.2, 0.25) is 0 Å². The number of carbonyl (C=O) groups excluding carboxylic acids is 1. The Labute approximate surface area is 212 Å². The number of piperidine rings is 1. The van der Waals surface area contributed by atoms with Gasteiger partial charge in [-0.05, 0) is 91.0 Å². The van der Waals surface area contributed by atoms with E-state index in [9.17, 15) is 19.4 Å². The van der Waals surface area contributed by atoms with Crippen molar-refractivity contribution in [1.82, 2.24) is 5.32 Å². The molecule has 1 heterocycles. The first kappa shape index (κ1) is 26.4. The van der Waals surface area contributed by atoms with Gasteiger partial charge < -0.3 is 20.3 Å². The summed E-state index contributed by atoms with van der Waals surface area (Å²) in [6.45, 7) is 3.67. The molecule has 6 heteroatoms. The molecule has 5 nitrogen and oxygen atoms in total. The number of aliphatic hydroxyl groups excluding tert-OH is 2. The van der Waals surface area contributed by atoms with Crippen LogP contribution in [0.1, 0.15) is 52.7 Å². The minimum atomic E-state index is -0.339. The van der Waals surface area contributed by atoms with E-state index < -0.39 is 0 Å². The number of ether oxygens (including phenoxy) is 1. The lowest BCUT2D eigenvalue weighted by molar-refractivity contribution is 0.102. The largest absolute Gasteiger partial charge is 0.392 e. The fourth-order valence-electron chi connectivity index (χ4n) is 5.81. The van der Waals surface area contributed by atoms with Crippen molar-refractivity contribution in [3.05, 3.63) is 87.3 Å². The van der Waals surface area contributed by atoms with E-state index >= 15 is 0 Å². The molecular formula is C30H36FNO4. The molecule has 1 aliphatic heterocycles. The predicted molar refractivity (Wildman–Crippen MR) is 139 cm³/mol. The predicted octanol–water partition coefficient (Wildman–Crippen LogP) is 4.61. The number of allylic oxidation sites excluding steroid dienone is 1. The number of methoxy groups -OCH3 is 1. The SMILES string of the molecule is COCCC1CC(C(=O)c2cccc(CO)c2)=C(c2cccc(F)c2C)C(CO)=C1C1CCCNC1. The fraction of sp³-hybridized carbons (Fsp3) is 0.433. The first-order valence-corrected chi connectivity index (χ1v) is 12.8. The summed E-state index contributed by atoms with van der Waals surface area (Å²) < 4.78 is 20.2. The number of Topliss-reactive ketones (excluding diaryl/α,β-unsaturated/α-hetero) is 1. The summed E-state index contributed by atoms with van der Waals surface area (Å²) >= 11 is 0. The molecule has 0 radical (unpaired) electrons. The zero-order chi connectivity index (χ0) is 25.7. The number of nitrogens with one attached hydrogen (secondary N) is 1. The van der Waals surface area contributed by atoms with E-state index in [0.29, 0.717) is 46.4 Å². The molecule has 3 N–H and O–H groups in total. The average molecular weight is 494 g/mol. The lowest BCUT2D eigenvalue weighted by atomic mass is 9.68. The Morgan fingerprint density at radius 3 is 2.67 bits per heavy atom. The highest BCUT2D eigenvalue weighted by Crippen LogP contribution is 2.46. The number of hydrogen-bond donors (Lipinski definition) is 3. The number of aliphatic hydroxyl groups is 2. The zero-order valence-corrected chi connectivity index (χ0v) is 21.1. The van der Waals surface area contributed by atoms with E-state index in [0.717, 1.165) is 37.9 Å². The molecule has 2 atom stereocenters. The van der Waals surface area contributed by atoms with Gasteiger partial charge in [-0.25, -0.2) is 4.39 Å². The molecule has 192 valence electrons. The van der Waals surface area contributed by atoms with Crippen LogP contribution in [0.15, 0.2) is 59.2 Å². The van der Waals surface area contributed by atoms with Crippen LogP contribution < -0.4 is 5.32 Å². The van der Waals surface area contributed by atoms with E-state index in [2.05, 4.69) is 5.32 Å². The number of benzene rings is 2. The standard InChI is InChI=1S/C30H36FNO4/c1-19-24(9-4-10-27(19)31)29-25(30(35)22-7-3-6-20(14-22)17-33)15-21(11-13-36-2)28(26(29)18-34)23-8-5-12-32-16-23/h3-4,6-7,9-10,14,21,23,32-34H,5,8,11-13,15-18H2,1-2H3. The molecule has 4 rings (SSSR count). The molecule has 2 aliphatic rings. The van der Waals surface area contributed by atoms with Crippen molar-refractivity contribution in [2.24, 2.45) is 11.8 Å². The zero-order valence-electron chi connectivity index (χ0n) is 21.1. The van der Waals surface area contributed by atoms with Crippen LogP contribution in [0.4, 0.5) is 4.39 Å². The Bertz CT molecular complexity index is 1160. The summed E-state index contributed by atoms with van der Waals surface area (Å²) in [5, 5.41) is 23.9. The van der Waals surface area contributed by atoms with E-state index in [-0.39, 0.29) is 36.7 Å². The molecule has 0 aromatic heterocycles. The fourth-order valence-corrected chi connectivity index (χ4v) is 5.81. The Morgan fingerprint density at radius 2 is 1.97 bits per heavy atom. The molecule has 1 aliphatic carbocycles. The summed E-state index contributed by atoms with van der Waals surface area (Å²) in [4.78, 5) is 14.0. The van der Waals surface area contributed by atoms with Crippen LogP contribution in [-0.2, 0) is 11.3 Å². The molecule has 1 saturated heterocycles. The van der Waals surface area contributed by atoms with Gasteiger partial charge in [0, 0.05) is 31.4 Å². The summed E-state index contributed by atoms with van der Waals surface area (Å²) in [5.41, 5.74) is 5.39. The summed E-state index contributed by atoms with van der Waals surface area (Å²) in [7, 11) is 1.67. The quantitative estimate of drug-likeness (QED) is 0.445. The minimum absolute atomic E-state index is 0.0367. The highest BCUT2D eigenvalue weighted by atomic mass is 19.1. The van der Waals surface area contributed by atoms with Crippen LogP contribution in [0.25, 0.3) is 5.57 Å². The Balaban J connectivity index is 1.97. The van der Waals surface area contributed by atoms with Gasteiger partial charge in [-0.15, -0.1) is 0 Å². The second-order valence-corrected chi connectivity index (χ2v) is 9.77. The lowest BCUT2D eigenvalue weighted by Gasteiger charge is -2.38. The topological polar surface area (TPSA) is 78.8 Å². The van der Waals surface area contributed by atoms with E-state index in [1.165, 1.54) is 11.6 Å². The molecule has 0 amide bonds. The number of rotatable bonds is 9. The second-order valence-electron chi connectivity index (χ2n) is 9.77. The molecule has 1 fully saturated rings. The molecule has 2 aromatic rings. The first-order valence-electron chi connectivity index (χ1n) is 12.8. The van der Waals surface area contributed by atoms with Gasteiger partial charge in [-0.2, -0.15) is 0 Å². The highest BCUT2D eigenvalue weighted by Gasteiger charge is 2.36. The third-order valence-electron chi connectivity index (χ3n) is 7.59. The molecular weight excluding hydrogens is 457 g/mol. The van der Waals surface area contributed by atoms with Gasteiger partial charge in [0.15, 0.2) is 5.78 Å². The number of carbonyl (C=O) groups is 1. The van der Waals surface area contributed by atoms with Crippen molar-refractivity contribution in [3.8, 4) is 0 Å². The molecule has 0 bridgehead atoms. The normalized spacial score (nSPS) is 20.7. The van der Waals surface area contributed by atoms with Gasteiger partial charge >= 0.3 is 0 Å².